The van der Waals surface area contributed by atoms with Crippen LogP contribution in [0.15, 0.2) is 203 Å². The number of aryl methyl sites for hydroxylation is 2. The van der Waals surface area contributed by atoms with Crippen LogP contribution < -0.4 is 0 Å². The molecule has 0 radical (unpaired) electrons. The van der Waals surface area contributed by atoms with Crippen LogP contribution in [-0.2, 0) is 0 Å². The van der Waals surface area contributed by atoms with E-state index in [1.165, 1.54) is 22.3 Å². The van der Waals surface area contributed by atoms with Gasteiger partial charge in [-0.2, -0.15) is 0 Å². The van der Waals surface area contributed by atoms with Gasteiger partial charge in [-0.25, -0.2) is 0 Å². The van der Waals surface area contributed by atoms with Crippen molar-refractivity contribution >= 4 is 44.1 Å². The van der Waals surface area contributed by atoms with E-state index < -0.39 is 0 Å². The Morgan fingerprint density at radius 3 is 1.19 bits per heavy atom. The molecule has 6 aromatic carbocycles. The van der Waals surface area contributed by atoms with E-state index >= 15 is 0 Å². The third kappa shape index (κ3) is 6.43. The normalized spacial score (nSPS) is 11.6. The Morgan fingerprint density at radius 2 is 0.750 bits per heavy atom. The van der Waals surface area contributed by atoms with Crippen molar-refractivity contribution < 1.29 is 8.83 Å². The molecule has 6 aromatic heterocycles. The highest BCUT2D eigenvalue weighted by Gasteiger charge is 2.18. The summed E-state index contributed by atoms with van der Waals surface area (Å²) in [5.41, 5.74) is 22.3. The second-order valence-electron chi connectivity index (χ2n) is 16.3. The van der Waals surface area contributed by atoms with E-state index in [-0.39, 0.29) is 0 Å². The lowest BCUT2D eigenvalue weighted by molar-refractivity contribution is 0.669. The highest BCUT2D eigenvalue weighted by atomic mass is 16.3. The first-order valence-corrected chi connectivity index (χ1v) is 21.4. The van der Waals surface area contributed by atoms with Crippen LogP contribution in [0.5, 0.6) is 0 Å². The maximum Gasteiger partial charge on any atom is 0.161 e. The highest BCUT2D eigenvalue weighted by molar-refractivity contribution is 6.10. The van der Waals surface area contributed by atoms with Gasteiger partial charge >= 0.3 is 0 Å². The third-order valence-electron chi connectivity index (χ3n) is 12.4. The first-order chi connectivity index (χ1) is 31.5. The first kappa shape index (κ1) is 37.3. The largest absolute Gasteiger partial charge is 0.454 e. The molecule has 0 aliphatic heterocycles. The molecule has 6 heterocycles. The molecule has 64 heavy (non-hydrogen) atoms. The van der Waals surface area contributed by atoms with E-state index in [4.69, 9.17) is 18.8 Å². The molecule has 12 aromatic rings. The minimum atomic E-state index is 0.782. The number of aromatic nitrogens is 4. The van der Waals surface area contributed by atoms with Gasteiger partial charge in [0, 0.05) is 57.8 Å². The molecule has 0 saturated heterocycles. The fourth-order valence-corrected chi connectivity index (χ4v) is 9.18. The lowest BCUT2D eigenvalue weighted by Crippen LogP contribution is -1.91. The molecular weight excluding hydrogens is 785 g/mol. The minimum Gasteiger partial charge on any atom is -0.454 e. The van der Waals surface area contributed by atoms with Gasteiger partial charge in [-0.1, -0.05) is 97.1 Å². The fraction of sp³-hybridized carbons (Fsp3) is 0.0345. The topological polar surface area (TPSA) is 77.8 Å². The molecule has 0 unspecified atom stereocenters. The Kier molecular flexibility index (Phi) is 8.83. The van der Waals surface area contributed by atoms with Gasteiger partial charge < -0.3 is 8.83 Å². The van der Waals surface area contributed by atoms with Gasteiger partial charge in [0.2, 0.25) is 0 Å². The number of furan rings is 2. The Morgan fingerprint density at radius 1 is 0.312 bits per heavy atom. The zero-order valence-electron chi connectivity index (χ0n) is 35.1. The van der Waals surface area contributed by atoms with Crippen LogP contribution in [0.4, 0.5) is 0 Å². The molecule has 6 nitrogen and oxygen atoms in total. The zero-order chi connectivity index (χ0) is 42.7. The third-order valence-corrected chi connectivity index (χ3v) is 12.4. The fourth-order valence-electron chi connectivity index (χ4n) is 9.18. The number of nitrogens with zero attached hydrogens (tertiary/aromatic N) is 4. The Labute approximate surface area is 369 Å². The molecule has 0 spiro atoms. The van der Waals surface area contributed by atoms with E-state index in [9.17, 15) is 0 Å². The monoisotopic (exact) mass is 822 g/mol. The summed E-state index contributed by atoms with van der Waals surface area (Å²) in [6.45, 7) is 4.36. The average molecular weight is 823 g/mol. The molecule has 0 amide bonds. The summed E-state index contributed by atoms with van der Waals surface area (Å²) in [6, 6.07) is 59.1. The number of hydrogen-bond acceptors (Lipinski definition) is 6. The predicted octanol–water partition coefficient (Wildman–Crippen LogP) is 15.4. The maximum absolute atomic E-state index is 6.56. The zero-order valence-corrected chi connectivity index (χ0v) is 35.1. The van der Waals surface area contributed by atoms with Crippen molar-refractivity contribution in [3.05, 3.63) is 206 Å². The highest BCUT2D eigenvalue weighted by Crippen LogP contribution is 2.41. The summed E-state index contributed by atoms with van der Waals surface area (Å²) in [5, 5.41) is 1.98. The van der Waals surface area contributed by atoms with Crippen molar-refractivity contribution in [2.24, 2.45) is 0 Å². The van der Waals surface area contributed by atoms with Crippen LogP contribution in [0.2, 0.25) is 0 Å². The Bertz CT molecular complexity index is 3510. The van der Waals surface area contributed by atoms with Gasteiger partial charge in [0.25, 0.3) is 0 Å². The Hall–Kier alpha value is -8.48. The van der Waals surface area contributed by atoms with Gasteiger partial charge in [-0.05, 0) is 142 Å². The minimum absolute atomic E-state index is 0.782. The quantitative estimate of drug-likeness (QED) is 0.159. The molecule has 0 aliphatic rings. The lowest BCUT2D eigenvalue weighted by atomic mass is 9.91. The molecule has 12 rings (SSSR count). The van der Waals surface area contributed by atoms with Crippen LogP contribution in [0.3, 0.4) is 0 Å². The molecule has 0 bridgehead atoms. The van der Waals surface area contributed by atoms with Crippen LogP contribution in [0.1, 0.15) is 11.1 Å². The van der Waals surface area contributed by atoms with Crippen LogP contribution in [-0.4, -0.2) is 19.9 Å². The second kappa shape index (κ2) is 15.2. The standard InChI is InChI=1S/C58H38N4O2/c1-35-29-41(47-23-27-61-55-49-33-39(17-21-53(49)63-57(47)55)37-9-7-11-43(31-37)51-13-3-5-25-59-51)15-19-45(35)46-20-16-42(30-36(46)2)48-24-28-62-56-50-34-40(18-22-54(50)64-58(48)56)38-10-8-12-44(32-38)52-14-4-6-26-60-52/h3-34H,1-2H3. The lowest BCUT2D eigenvalue weighted by Gasteiger charge is -2.13. The summed E-state index contributed by atoms with van der Waals surface area (Å²) in [4.78, 5) is 18.8. The molecular formula is C58H38N4O2. The van der Waals surface area contributed by atoms with Gasteiger partial charge in [0.1, 0.15) is 22.2 Å². The maximum atomic E-state index is 6.56. The SMILES string of the molecule is Cc1cc(-c2ccnc3c2oc2ccc(-c4cccc(-c5ccccn5)c4)cc23)ccc1-c1ccc(-c2ccnc3c2oc2ccc(-c4cccc(-c5ccccn5)c4)cc23)cc1C. The van der Waals surface area contributed by atoms with Crippen LogP contribution in [0.25, 0.3) is 122 Å². The number of hydrogen-bond donors (Lipinski definition) is 0. The van der Waals surface area contributed by atoms with E-state index in [1.807, 2.05) is 73.3 Å². The first-order valence-electron chi connectivity index (χ1n) is 21.4. The number of rotatable bonds is 7. The molecule has 0 N–H and O–H groups in total. The van der Waals surface area contributed by atoms with Crippen molar-refractivity contribution in [1.82, 2.24) is 19.9 Å². The molecule has 0 aliphatic carbocycles. The van der Waals surface area contributed by atoms with Crippen molar-refractivity contribution in [2.45, 2.75) is 13.8 Å². The summed E-state index contributed by atoms with van der Waals surface area (Å²) in [6.07, 6.45) is 7.42. The van der Waals surface area contributed by atoms with Gasteiger partial charge in [0.15, 0.2) is 11.2 Å². The van der Waals surface area contributed by atoms with Crippen molar-refractivity contribution in [3.8, 4) is 78.1 Å². The Balaban J connectivity index is 0.847. The van der Waals surface area contributed by atoms with Crippen molar-refractivity contribution in [3.63, 3.8) is 0 Å². The second-order valence-corrected chi connectivity index (χ2v) is 16.3. The van der Waals surface area contributed by atoms with Crippen molar-refractivity contribution in [2.75, 3.05) is 0 Å². The van der Waals surface area contributed by atoms with Crippen LogP contribution >= 0.6 is 0 Å². The van der Waals surface area contributed by atoms with Gasteiger partial charge in [0.05, 0.1) is 11.4 Å². The average Bonchev–Trinajstić information content (AvgIpc) is 3.93. The molecule has 6 heteroatoms. The van der Waals surface area contributed by atoms with E-state index in [1.54, 1.807) is 0 Å². The summed E-state index contributed by atoms with van der Waals surface area (Å²) >= 11 is 0. The molecule has 0 fully saturated rings. The summed E-state index contributed by atoms with van der Waals surface area (Å²) in [5.74, 6) is 0. The van der Waals surface area contributed by atoms with E-state index in [2.05, 4.69) is 145 Å². The number of pyridine rings is 4. The van der Waals surface area contributed by atoms with E-state index in [0.717, 1.165) is 111 Å². The van der Waals surface area contributed by atoms with E-state index in [0.29, 0.717) is 0 Å². The van der Waals surface area contributed by atoms with Crippen molar-refractivity contribution in [1.29, 1.82) is 0 Å². The molecule has 0 saturated carbocycles. The number of benzene rings is 6. The summed E-state index contributed by atoms with van der Waals surface area (Å²) < 4.78 is 13.1. The smallest absolute Gasteiger partial charge is 0.161 e. The van der Waals surface area contributed by atoms with Gasteiger partial charge in [-0.15, -0.1) is 0 Å². The van der Waals surface area contributed by atoms with Gasteiger partial charge in [-0.3, -0.25) is 19.9 Å². The van der Waals surface area contributed by atoms with Crippen LogP contribution in [0, 0.1) is 13.8 Å². The number of fused-ring (bicyclic) bond motifs is 6. The molecule has 302 valence electrons. The molecule has 0 atom stereocenters. The summed E-state index contributed by atoms with van der Waals surface area (Å²) in [7, 11) is 0. The predicted molar refractivity (Wildman–Crippen MR) is 260 cm³/mol.